The third-order valence-electron chi connectivity index (χ3n) is 3.55. The van der Waals surface area contributed by atoms with Gasteiger partial charge < -0.3 is 9.64 Å². The Morgan fingerprint density at radius 2 is 1.68 bits per heavy atom. The third kappa shape index (κ3) is 4.95. The molecule has 0 saturated carbocycles. The number of ether oxygens (including phenoxy) is 1. The van der Waals surface area contributed by atoms with Gasteiger partial charge in [0.2, 0.25) is 15.9 Å². The Balaban J connectivity index is 2.06. The van der Waals surface area contributed by atoms with Crippen LogP contribution in [0.3, 0.4) is 0 Å². The van der Waals surface area contributed by atoms with Crippen LogP contribution in [0.15, 0.2) is 41.3 Å². The average Bonchev–Trinajstić information content (AvgIpc) is 2.54. The second-order valence-corrected chi connectivity index (χ2v) is 7.19. The molecule has 25 heavy (non-hydrogen) atoms. The predicted octanol–water partition coefficient (Wildman–Crippen LogP) is 1.99. The normalized spacial score (nSPS) is 17.0. The van der Waals surface area contributed by atoms with E-state index in [9.17, 15) is 26.4 Å². The van der Waals surface area contributed by atoms with E-state index in [4.69, 9.17) is 0 Å². The molecule has 1 fully saturated rings. The van der Waals surface area contributed by atoms with Crippen LogP contribution in [0.5, 0.6) is 5.75 Å². The number of amides is 1. The molecule has 1 amide bonds. The Labute approximate surface area is 143 Å². The summed E-state index contributed by atoms with van der Waals surface area (Å²) in [4.78, 5) is 13.1. The summed E-state index contributed by atoms with van der Waals surface area (Å²) in [5, 5.41) is 0. The van der Waals surface area contributed by atoms with Crippen LogP contribution in [0.1, 0.15) is 6.92 Å². The minimum Gasteiger partial charge on any atom is -0.406 e. The van der Waals surface area contributed by atoms with E-state index in [1.54, 1.807) is 13.0 Å². The predicted molar refractivity (Wildman–Crippen MR) is 83.3 cm³/mol. The number of nitrogens with zero attached hydrogens (tertiary/aromatic N) is 2. The molecular weight excluding hydrogens is 361 g/mol. The van der Waals surface area contributed by atoms with Gasteiger partial charge in [-0.25, -0.2) is 8.42 Å². The average molecular weight is 378 g/mol. The summed E-state index contributed by atoms with van der Waals surface area (Å²) >= 11 is 0. The van der Waals surface area contributed by atoms with E-state index >= 15 is 0 Å². The smallest absolute Gasteiger partial charge is 0.406 e. The molecule has 138 valence electrons. The SMILES string of the molecule is C/C=C/C(=O)N1CCN(S(=O)(=O)c2ccc(OC(F)(F)F)cc2)CC1. The van der Waals surface area contributed by atoms with Gasteiger partial charge in [0.05, 0.1) is 4.90 Å². The molecule has 1 aromatic carbocycles. The first-order chi connectivity index (χ1) is 11.6. The first kappa shape index (κ1) is 19.3. The van der Waals surface area contributed by atoms with Crippen LogP contribution in [0.4, 0.5) is 13.2 Å². The van der Waals surface area contributed by atoms with Gasteiger partial charge in [-0.05, 0) is 37.3 Å². The Hall–Kier alpha value is -2.07. The minimum atomic E-state index is -4.84. The quantitative estimate of drug-likeness (QED) is 0.752. The summed E-state index contributed by atoms with van der Waals surface area (Å²) in [5.41, 5.74) is 0. The first-order valence-corrected chi connectivity index (χ1v) is 8.85. The van der Waals surface area contributed by atoms with Crippen molar-refractivity contribution < 1.29 is 31.1 Å². The number of hydrogen-bond donors (Lipinski definition) is 0. The lowest BCUT2D eigenvalue weighted by Gasteiger charge is -2.33. The summed E-state index contributed by atoms with van der Waals surface area (Å²) < 4.78 is 66.4. The summed E-state index contributed by atoms with van der Waals surface area (Å²) in [6.45, 7) is 2.44. The highest BCUT2D eigenvalue weighted by Gasteiger charge is 2.32. The Morgan fingerprint density at radius 1 is 1.12 bits per heavy atom. The largest absolute Gasteiger partial charge is 0.573 e. The van der Waals surface area contributed by atoms with Gasteiger partial charge >= 0.3 is 6.36 Å². The highest BCUT2D eigenvalue weighted by Crippen LogP contribution is 2.25. The van der Waals surface area contributed by atoms with Crippen LogP contribution in [-0.2, 0) is 14.8 Å². The van der Waals surface area contributed by atoms with Crippen molar-refractivity contribution in [2.45, 2.75) is 18.2 Å². The van der Waals surface area contributed by atoms with Crippen LogP contribution in [0.2, 0.25) is 0 Å². The molecule has 1 aromatic rings. The second kappa shape index (κ2) is 7.44. The Bertz CT molecular complexity index is 737. The minimum absolute atomic E-state index is 0.117. The maximum atomic E-state index is 12.5. The Morgan fingerprint density at radius 3 is 2.16 bits per heavy atom. The molecule has 0 unspecified atom stereocenters. The van der Waals surface area contributed by atoms with Gasteiger partial charge in [-0.3, -0.25) is 4.79 Å². The summed E-state index contributed by atoms with van der Waals surface area (Å²) in [6.07, 6.45) is -1.82. The number of allylic oxidation sites excluding steroid dienone is 1. The molecule has 0 aliphatic carbocycles. The van der Waals surface area contributed by atoms with Gasteiger partial charge in [-0.1, -0.05) is 6.08 Å². The molecule has 0 radical (unpaired) electrons. The van der Waals surface area contributed by atoms with E-state index in [0.29, 0.717) is 0 Å². The monoisotopic (exact) mass is 378 g/mol. The van der Waals surface area contributed by atoms with Crippen LogP contribution in [0.25, 0.3) is 0 Å². The van der Waals surface area contributed by atoms with Gasteiger partial charge in [-0.15, -0.1) is 13.2 Å². The molecule has 1 heterocycles. The summed E-state index contributed by atoms with van der Waals surface area (Å²) in [6, 6.07) is 4.03. The van der Waals surface area contributed by atoms with Crippen LogP contribution in [0, 0.1) is 0 Å². The van der Waals surface area contributed by atoms with Crippen molar-refractivity contribution in [2.75, 3.05) is 26.2 Å². The van der Waals surface area contributed by atoms with Crippen molar-refractivity contribution in [3.63, 3.8) is 0 Å². The number of piperazine rings is 1. The maximum absolute atomic E-state index is 12.5. The Kier molecular flexibility index (Phi) is 5.73. The van der Waals surface area contributed by atoms with Crippen LogP contribution >= 0.6 is 0 Å². The number of sulfonamides is 1. The number of hydrogen-bond acceptors (Lipinski definition) is 4. The van der Waals surface area contributed by atoms with Crippen LogP contribution < -0.4 is 4.74 Å². The third-order valence-corrected chi connectivity index (χ3v) is 5.47. The molecule has 6 nitrogen and oxygen atoms in total. The number of benzene rings is 1. The van der Waals surface area contributed by atoms with Crippen molar-refractivity contribution in [1.82, 2.24) is 9.21 Å². The molecule has 0 bridgehead atoms. The second-order valence-electron chi connectivity index (χ2n) is 5.25. The van der Waals surface area contributed by atoms with E-state index in [2.05, 4.69) is 4.74 Å². The molecule has 1 saturated heterocycles. The maximum Gasteiger partial charge on any atom is 0.573 e. The number of carbonyl (C=O) groups excluding carboxylic acids is 1. The number of rotatable bonds is 4. The fraction of sp³-hybridized carbons (Fsp3) is 0.400. The van der Waals surface area contributed by atoms with Crippen molar-refractivity contribution in [2.24, 2.45) is 0 Å². The standard InChI is InChI=1S/C15H17F3N2O4S/c1-2-3-14(21)19-8-10-20(11-9-19)25(22,23)13-6-4-12(5-7-13)24-15(16,17)18/h2-7H,8-11H2,1H3/b3-2+. The molecule has 0 atom stereocenters. The number of carbonyl (C=O) groups is 1. The van der Waals surface area contributed by atoms with E-state index < -0.39 is 22.1 Å². The lowest BCUT2D eigenvalue weighted by atomic mass is 10.3. The van der Waals surface area contributed by atoms with Crippen molar-refractivity contribution >= 4 is 15.9 Å². The van der Waals surface area contributed by atoms with Crippen molar-refractivity contribution in [1.29, 1.82) is 0 Å². The van der Waals surface area contributed by atoms with Gasteiger partial charge in [0.25, 0.3) is 0 Å². The van der Waals surface area contributed by atoms with Crippen molar-refractivity contribution in [3.8, 4) is 5.75 Å². The van der Waals surface area contributed by atoms with E-state index in [1.807, 2.05) is 0 Å². The van der Waals surface area contributed by atoms with Crippen LogP contribution in [-0.4, -0.2) is 56.1 Å². The zero-order chi connectivity index (χ0) is 18.7. The molecule has 10 heteroatoms. The topological polar surface area (TPSA) is 66.9 Å². The fourth-order valence-corrected chi connectivity index (χ4v) is 3.78. The van der Waals surface area contributed by atoms with E-state index in [0.717, 1.165) is 24.3 Å². The highest BCUT2D eigenvalue weighted by atomic mass is 32.2. The molecule has 0 N–H and O–H groups in total. The van der Waals surface area contributed by atoms with E-state index in [-0.39, 0.29) is 37.0 Å². The van der Waals surface area contributed by atoms with Crippen molar-refractivity contribution in [3.05, 3.63) is 36.4 Å². The summed E-state index contributed by atoms with van der Waals surface area (Å²) in [7, 11) is -3.84. The molecular formula is C15H17F3N2O4S. The first-order valence-electron chi connectivity index (χ1n) is 7.41. The molecule has 0 spiro atoms. The molecule has 0 aromatic heterocycles. The lowest BCUT2D eigenvalue weighted by Crippen LogP contribution is -2.50. The number of alkyl halides is 3. The summed E-state index contributed by atoms with van der Waals surface area (Å²) in [5.74, 6) is -0.679. The molecule has 1 aliphatic heterocycles. The molecule has 2 rings (SSSR count). The van der Waals surface area contributed by atoms with Gasteiger partial charge in [0.15, 0.2) is 0 Å². The zero-order valence-electron chi connectivity index (χ0n) is 13.4. The highest BCUT2D eigenvalue weighted by molar-refractivity contribution is 7.89. The van der Waals surface area contributed by atoms with E-state index in [1.165, 1.54) is 15.3 Å². The van der Waals surface area contributed by atoms with Gasteiger partial charge in [0.1, 0.15) is 5.75 Å². The zero-order valence-corrected chi connectivity index (χ0v) is 14.2. The van der Waals surface area contributed by atoms with Gasteiger partial charge in [-0.2, -0.15) is 4.31 Å². The lowest BCUT2D eigenvalue weighted by molar-refractivity contribution is -0.274. The fourth-order valence-electron chi connectivity index (χ4n) is 2.36. The molecule has 1 aliphatic rings. The number of halogens is 3. The van der Waals surface area contributed by atoms with Gasteiger partial charge in [0, 0.05) is 26.2 Å².